The fourth-order valence-electron chi connectivity index (χ4n) is 9.24. The van der Waals surface area contributed by atoms with Gasteiger partial charge in [0, 0.05) is 34.3 Å². The quantitative estimate of drug-likeness (QED) is 0.244. The van der Waals surface area contributed by atoms with E-state index in [4.69, 9.17) is 23.4 Å². The number of benzene rings is 2. The maximum atomic E-state index is 15.1. The molecule has 4 fully saturated rings. The summed E-state index contributed by atoms with van der Waals surface area (Å²) in [4.78, 5) is 47.7. The van der Waals surface area contributed by atoms with Crippen LogP contribution >= 0.6 is 0 Å². The van der Waals surface area contributed by atoms with E-state index in [9.17, 15) is 24.9 Å². The zero-order valence-corrected chi connectivity index (χ0v) is 32.4. The van der Waals surface area contributed by atoms with Gasteiger partial charge in [0.15, 0.2) is 16.8 Å². The molecule has 3 N–H and O–H groups in total. The van der Waals surface area contributed by atoms with Gasteiger partial charge >= 0.3 is 0 Å². The Morgan fingerprint density at radius 3 is 2.11 bits per heavy atom. The number of epoxide rings is 2. The van der Waals surface area contributed by atoms with E-state index < -0.39 is 65.1 Å². The number of phenolic OH excluding ortho intramolecular Hbond substituents is 1. The van der Waals surface area contributed by atoms with E-state index in [1.807, 2.05) is 51.8 Å². The number of aryl methyl sites for hydroxylation is 1. The fourth-order valence-corrected chi connectivity index (χ4v) is 9.24. The van der Waals surface area contributed by atoms with Gasteiger partial charge in [-0.25, -0.2) is 0 Å². The van der Waals surface area contributed by atoms with Crippen molar-refractivity contribution in [3.05, 3.63) is 73.1 Å². The van der Waals surface area contributed by atoms with Gasteiger partial charge in [-0.3, -0.25) is 14.4 Å². The molecule has 2 aromatic carbocycles. The van der Waals surface area contributed by atoms with Crippen molar-refractivity contribution in [2.45, 2.75) is 127 Å². The fraction of sp³-hybridized carbons (Fsp3) is 0.585. The predicted molar refractivity (Wildman–Crippen MR) is 196 cm³/mol. The third-order valence-corrected chi connectivity index (χ3v) is 13.0. The number of aliphatic hydroxyl groups excluding tert-OH is 2. The van der Waals surface area contributed by atoms with Gasteiger partial charge in [0.05, 0.1) is 59.2 Å². The molecule has 1 aliphatic carbocycles. The number of ether oxygens (including phenoxy) is 4. The second-order valence-corrected chi connectivity index (χ2v) is 16.9. The Balaban J connectivity index is 1.34. The molecule has 0 unspecified atom stereocenters. The summed E-state index contributed by atoms with van der Waals surface area (Å²) in [6, 6.07) is 4.26. The summed E-state index contributed by atoms with van der Waals surface area (Å²) in [6.07, 6.45) is -4.44. The number of ketones is 2. The van der Waals surface area contributed by atoms with Crippen molar-refractivity contribution < 1.29 is 48.3 Å². The highest BCUT2D eigenvalue weighted by Gasteiger charge is 2.66. The number of hydrogen-bond donors (Lipinski definition) is 3. The summed E-state index contributed by atoms with van der Waals surface area (Å²) in [6.45, 7) is 10.9. The highest BCUT2D eigenvalue weighted by atomic mass is 16.7. The van der Waals surface area contributed by atoms with E-state index >= 15 is 4.79 Å². The van der Waals surface area contributed by atoms with Crippen LogP contribution in [0.3, 0.4) is 0 Å². The lowest BCUT2D eigenvalue weighted by Gasteiger charge is -2.49. The molecule has 54 heavy (non-hydrogen) atoms. The Morgan fingerprint density at radius 1 is 0.815 bits per heavy atom. The smallest absolute Gasteiger partial charge is 0.202 e. The van der Waals surface area contributed by atoms with Crippen LogP contribution in [-0.2, 0) is 24.5 Å². The second kappa shape index (κ2) is 12.5. The first-order chi connectivity index (χ1) is 25.3. The molecule has 0 bridgehead atoms. The summed E-state index contributed by atoms with van der Waals surface area (Å²) in [5.74, 6) is -1.42. The molecule has 290 valence electrons. The van der Waals surface area contributed by atoms with E-state index in [1.165, 1.54) is 12.1 Å². The van der Waals surface area contributed by atoms with Gasteiger partial charge in [-0.1, -0.05) is 0 Å². The molecular weight excluding hydrogens is 696 g/mol. The minimum Gasteiger partial charge on any atom is -0.507 e. The summed E-state index contributed by atoms with van der Waals surface area (Å²) in [5.41, 5.74) is -1.39. The van der Waals surface area contributed by atoms with E-state index in [0.29, 0.717) is 11.1 Å². The zero-order valence-electron chi connectivity index (χ0n) is 32.4. The maximum Gasteiger partial charge on any atom is 0.202 e. The summed E-state index contributed by atoms with van der Waals surface area (Å²) in [7, 11) is 7.45. The van der Waals surface area contributed by atoms with Crippen LogP contribution in [0.2, 0.25) is 0 Å². The van der Waals surface area contributed by atoms with Gasteiger partial charge in [-0.15, -0.1) is 0 Å². The van der Waals surface area contributed by atoms with Gasteiger partial charge in [0.2, 0.25) is 5.78 Å². The normalized spacial score (nSPS) is 37.5. The summed E-state index contributed by atoms with van der Waals surface area (Å²) < 4.78 is 30.9. The number of aromatic hydroxyl groups is 1. The zero-order chi connectivity index (χ0) is 39.1. The topological polar surface area (TPSA) is 175 Å². The van der Waals surface area contributed by atoms with Crippen molar-refractivity contribution in [2.75, 3.05) is 28.2 Å². The first-order valence-corrected chi connectivity index (χ1v) is 18.7. The van der Waals surface area contributed by atoms with Crippen molar-refractivity contribution in [3.63, 3.8) is 0 Å². The summed E-state index contributed by atoms with van der Waals surface area (Å²) >= 11 is 0. The number of fused-ring (bicyclic) bond motifs is 4. The number of carbonyl (C=O) groups is 2. The van der Waals surface area contributed by atoms with Gasteiger partial charge < -0.3 is 48.5 Å². The number of nitrogens with zero attached hydrogens (tertiary/aromatic N) is 2. The number of phenols is 1. The van der Waals surface area contributed by atoms with E-state index in [2.05, 4.69) is 0 Å². The minimum absolute atomic E-state index is 0.00321. The van der Waals surface area contributed by atoms with Crippen molar-refractivity contribution in [3.8, 4) is 5.75 Å². The SMILES string of the molecule is Cc1cc2c(c3oc([C@@]4(C)O[C@@H]4[C@@H]4O[C@H]4C)cc(=O)c13)C(=O)c1c(O)c([C@H]3C[C@](C)(N(C)C)[C@H](O)[C@H](C)O3)cc([C@H]3C[C@H](N(C)C)[C@H](O)[C@@H](C)O3)c1C2=O. The molecule has 5 heterocycles. The molecule has 8 rings (SSSR count). The Morgan fingerprint density at radius 2 is 1.48 bits per heavy atom. The highest BCUT2D eigenvalue weighted by Crippen LogP contribution is 2.54. The monoisotopic (exact) mass is 746 g/mol. The number of carbonyl (C=O) groups excluding carboxylic acids is 2. The Bertz CT molecular complexity index is 2160. The van der Waals surface area contributed by atoms with E-state index in [1.54, 1.807) is 33.8 Å². The average Bonchev–Trinajstić information content (AvgIpc) is 4.01. The Hall–Kier alpha value is -3.53. The minimum atomic E-state index is -0.970. The number of hydrogen-bond acceptors (Lipinski definition) is 13. The molecule has 4 saturated heterocycles. The largest absolute Gasteiger partial charge is 0.507 e. The second-order valence-electron chi connectivity index (χ2n) is 16.9. The molecule has 0 radical (unpaired) electrons. The van der Waals surface area contributed by atoms with Gasteiger partial charge in [-0.2, -0.15) is 0 Å². The van der Waals surface area contributed by atoms with E-state index in [-0.39, 0.29) is 87.2 Å². The van der Waals surface area contributed by atoms with Crippen LogP contribution in [0.25, 0.3) is 11.0 Å². The lowest BCUT2D eigenvalue weighted by molar-refractivity contribution is -0.176. The molecule has 5 aliphatic rings. The predicted octanol–water partition coefficient (Wildman–Crippen LogP) is 3.66. The molecule has 0 amide bonds. The lowest BCUT2D eigenvalue weighted by atomic mass is 9.74. The highest BCUT2D eigenvalue weighted by molar-refractivity contribution is 6.33. The molecule has 4 aliphatic heterocycles. The van der Waals surface area contributed by atoms with Crippen LogP contribution in [-0.4, -0.2) is 119 Å². The van der Waals surface area contributed by atoms with E-state index in [0.717, 1.165) is 0 Å². The standard InChI is InChI=1S/C41H50N2O11/c1-16-11-22-30(37-28(16)24(44)14-27(53-37)41(6)39(54-41)36-18(3)52-36)35(48)31-29(34(22)47)20(25-13-23(42(7)8)32(45)17(2)50-25)12-21(33(31)46)26-15-40(5,43(9)10)38(49)19(4)51-26/h11-12,14,17-19,23,25-26,32,36,38-39,45-46,49H,13,15H2,1-10H3/t17-,18+,19+,23+,25-,26-,32-,36-,38-,39-,40+,41-/m1/s1. The average molecular weight is 747 g/mol. The van der Waals surface area contributed by atoms with Crippen molar-refractivity contribution in [1.82, 2.24) is 9.80 Å². The van der Waals surface area contributed by atoms with Crippen molar-refractivity contribution in [2.24, 2.45) is 0 Å². The maximum absolute atomic E-state index is 15.1. The molecular formula is C41H50N2O11. The summed E-state index contributed by atoms with van der Waals surface area (Å²) in [5, 5.41) is 34.7. The molecule has 13 heteroatoms. The molecule has 13 nitrogen and oxygen atoms in total. The molecule has 0 spiro atoms. The van der Waals surface area contributed by atoms with Gasteiger partial charge in [0.25, 0.3) is 0 Å². The molecule has 0 saturated carbocycles. The van der Waals surface area contributed by atoms with Crippen LogP contribution in [0.5, 0.6) is 5.75 Å². The Labute approximate surface area is 313 Å². The number of aliphatic hydroxyl groups is 2. The van der Waals surface area contributed by atoms with Gasteiger partial charge in [-0.05, 0) is 106 Å². The first-order valence-electron chi connectivity index (χ1n) is 18.7. The van der Waals surface area contributed by atoms with Crippen LogP contribution in [0.15, 0.2) is 27.4 Å². The lowest BCUT2D eigenvalue weighted by Crippen LogP contribution is -2.59. The number of likely N-dealkylation sites (N-methyl/N-ethyl adjacent to an activating group) is 2. The number of rotatable bonds is 6. The third-order valence-electron chi connectivity index (χ3n) is 13.0. The molecule has 1 aromatic heterocycles. The first kappa shape index (κ1) is 37.4. The third kappa shape index (κ3) is 5.38. The Kier molecular flexibility index (Phi) is 8.65. The van der Waals surface area contributed by atoms with Crippen molar-refractivity contribution >= 4 is 22.5 Å². The molecule has 12 atom stereocenters. The van der Waals surface area contributed by atoms with Crippen LogP contribution in [0.1, 0.15) is 114 Å². The molecule has 3 aromatic rings. The van der Waals surface area contributed by atoms with Crippen LogP contribution in [0, 0.1) is 6.92 Å². The van der Waals surface area contributed by atoms with Crippen LogP contribution < -0.4 is 5.43 Å². The van der Waals surface area contributed by atoms with Crippen LogP contribution in [0.4, 0.5) is 0 Å². The van der Waals surface area contributed by atoms with Crippen molar-refractivity contribution in [1.29, 1.82) is 0 Å². The van der Waals surface area contributed by atoms with Gasteiger partial charge in [0.1, 0.15) is 29.3 Å².